The molecule has 0 saturated carbocycles. The van der Waals surface area contributed by atoms with Crippen molar-refractivity contribution in [3.8, 4) is 0 Å². The molecule has 0 aliphatic carbocycles. The van der Waals surface area contributed by atoms with E-state index in [1.807, 2.05) is 0 Å². The Hall–Kier alpha value is -0.970. The lowest BCUT2D eigenvalue weighted by Gasteiger charge is -2.22. The minimum absolute atomic E-state index is 0.306. The number of hydrogen-bond acceptors (Lipinski definition) is 5. The first-order valence-corrected chi connectivity index (χ1v) is 5.85. The van der Waals surface area contributed by atoms with Crippen LogP contribution < -0.4 is 0 Å². The summed E-state index contributed by atoms with van der Waals surface area (Å²) in [6, 6.07) is 0. The minimum atomic E-state index is -3.46. The monoisotopic (exact) mass is 232 g/mol. The van der Waals surface area contributed by atoms with Crippen molar-refractivity contribution in [1.82, 2.24) is 9.55 Å². The van der Waals surface area contributed by atoms with Crippen LogP contribution in [-0.2, 0) is 18.4 Å². The van der Waals surface area contributed by atoms with Crippen LogP contribution in [-0.4, -0.2) is 29.6 Å². The Morgan fingerprint density at radius 3 is 2.40 bits per heavy atom. The van der Waals surface area contributed by atoms with Crippen molar-refractivity contribution in [3.63, 3.8) is 0 Å². The fourth-order valence-corrected chi connectivity index (χ4v) is 2.74. The topological polar surface area (TPSA) is 70.4 Å². The molecule has 0 fully saturated rings. The molecule has 0 N–H and O–H groups in total. The molecule has 1 atom stereocenters. The quantitative estimate of drug-likeness (QED) is 0.718. The normalized spacial score (nSPS) is 13.8. The second-order valence-electron chi connectivity index (χ2n) is 2.90. The molecule has 1 aromatic heterocycles. The van der Waals surface area contributed by atoms with Gasteiger partial charge in [-0.05, 0) is 6.92 Å². The van der Waals surface area contributed by atoms with Crippen LogP contribution in [0.5, 0.6) is 0 Å². The van der Waals surface area contributed by atoms with E-state index in [0.717, 1.165) is 0 Å². The van der Waals surface area contributed by atoms with E-state index in [-0.39, 0.29) is 5.78 Å². The van der Waals surface area contributed by atoms with E-state index in [9.17, 15) is 9.36 Å². The summed E-state index contributed by atoms with van der Waals surface area (Å²) in [5, 5.41) is 0. The van der Waals surface area contributed by atoms with Gasteiger partial charge in [-0.15, -0.1) is 0 Å². The SMILES string of the molecule is COP(=O)(OC)C(C(C)=O)n1ccnc1. The van der Waals surface area contributed by atoms with Gasteiger partial charge in [0.25, 0.3) is 0 Å². The number of carbonyl (C=O) groups is 1. The average molecular weight is 232 g/mol. The predicted octanol–water partition coefficient (Wildman–Crippen LogP) is 1.46. The molecular weight excluding hydrogens is 219 g/mol. The Morgan fingerprint density at radius 2 is 2.07 bits per heavy atom. The molecule has 0 aromatic carbocycles. The average Bonchev–Trinajstić information content (AvgIpc) is 2.70. The van der Waals surface area contributed by atoms with Crippen LogP contribution in [0, 0.1) is 0 Å². The Bertz CT molecular complexity index is 368. The summed E-state index contributed by atoms with van der Waals surface area (Å²) in [5.41, 5.74) is 0. The van der Waals surface area contributed by atoms with Crippen LogP contribution in [0.1, 0.15) is 12.7 Å². The number of nitrogens with zero attached hydrogens (tertiary/aromatic N) is 2. The molecule has 1 aromatic rings. The van der Waals surface area contributed by atoms with Gasteiger partial charge in [0.15, 0.2) is 11.6 Å². The third-order valence-corrected chi connectivity index (χ3v) is 4.23. The lowest BCUT2D eigenvalue weighted by atomic mass is 10.4. The highest BCUT2D eigenvalue weighted by molar-refractivity contribution is 7.55. The Balaban J connectivity index is 3.14. The summed E-state index contributed by atoms with van der Waals surface area (Å²) in [6.45, 7) is 1.33. The summed E-state index contributed by atoms with van der Waals surface area (Å²) < 4.78 is 23.1. The number of rotatable bonds is 5. The van der Waals surface area contributed by atoms with E-state index in [2.05, 4.69) is 4.98 Å². The maximum absolute atomic E-state index is 12.1. The number of ketones is 1. The zero-order valence-electron chi connectivity index (χ0n) is 8.78. The van der Waals surface area contributed by atoms with E-state index < -0.39 is 13.4 Å². The van der Waals surface area contributed by atoms with E-state index in [4.69, 9.17) is 9.05 Å². The van der Waals surface area contributed by atoms with Crippen molar-refractivity contribution in [3.05, 3.63) is 18.7 Å². The molecule has 0 bridgehead atoms. The van der Waals surface area contributed by atoms with E-state index in [1.54, 1.807) is 0 Å². The second kappa shape index (κ2) is 4.70. The molecule has 15 heavy (non-hydrogen) atoms. The van der Waals surface area contributed by atoms with Crippen molar-refractivity contribution >= 4 is 13.4 Å². The first-order chi connectivity index (χ1) is 7.05. The van der Waals surface area contributed by atoms with E-state index in [0.29, 0.717) is 0 Å². The molecule has 1 rings (SSSR count). The molecule has 0 spiro atoms. The van der Waals surface area contributed by atoms with Gasteiger partial charge in [-0.25, -0.2) is 4.98 Å². The second-order valence-corrected chi connectivity index (χ2v) is 5.20. The van der Waals surface area contributed by atoms with Gasteiger partial charge in [0.05, 0.1) is 6.33 Å². The zero-order valence-corrected chi connectivity index (χ0v) is 9.68. The maximum Gasteiger partial charge on any atom is 0.360 e. The fraction of sp³-hybridized carbons (Fsp3) is 0.500. The molecular formula is C8H13N2O4P. The molecule has 0 aliphatic rings. The predicted molar refractivity (Wildman–Crippen MR) is 53.6 cm³/mol. The van der Waals surface area contributed by atoms with Gasteiger partial charge >= 0.3 is 7.60 Å². The number of imidazole rings is 1. The van der Waals surface area contributed by atoms with Crippen molar-refractivity contribution in [2.45, 2.75) is 12.7 Å². The lowest BCUT2D eigenvalue weighted by molar-refractivity contribution is -0.118. The number of carbonyl (C=O) groups excluding carboxylic acids is 1. The van der Waals surface area contributed by atoms with Gasteiger partial charge in [-0.1, -0.05) is 0 Å². The van der Waals surface area contributed by atoms with Gasteiger partial charge in [-0.2, -0.15) is 0 Å². The molecule has 0 radical (unpaired) electrons. The lowest BCUT2D eigenvalue weighted by Crippen LogP contribution is -2.17. The highest BCUT2D eigenvalue weighted by Gasteiger charge is 2.38. The summed E-state index contributed by atoms with van der Waals surface area (Å²) in [7, 11) is -0.968. The van der Waals surface area contributed by atoms with Gasteiger partial charge in [-0.3, -0.25) is 9.36 Å². The van der Waals surface area contributed by atoms with Crippen LogP contribution in [0.15, 0.2) is 18.7 Å². The van der Waals surface area contributed by atoms with Crippen LogP contribution in [0.2, 0.25) is 0 Å². The number of Topliss-reactive ketones (excluding diaryl/α,β-unsaturated/α-hetero) is 1. The molecule has 1 heterocycles. The molecule has 7 heteroatoms. The van der Waals surface area contributed by atoms with Gasteiger partial charge in [0.1, 0.15) is 0 Å². The first kappa shape index (κ1) is 12.1. The highest BCUT2D eigenvalue weighted by atomic mass is 31.2. The summed E-state index contributed by atoms with van der Waals surface area (Å²) >= 11 is 0. The molecule has 0 saturated heterocycles. The van der Waals surface area contributed by atoms with Crippen molar-refractivity contribution in [1.29, 1.82) is 0 Å². The zero-order chi connectivity index (χ0) is 11.5. The number of aromatic nitrogens is 2. The van der Waals surface area contributed by atoms with Crippen molar-refractivity contribution < 1.29 is 18.4 Å². The van der Waals surface area contributed by atoms with Crippen molar-refractivity contribution in [2.75, 3.05) is 14.2 Å². The van der Waals surface area contributed by atoms with Crippen LogP contribution in [0.25, 0.3) is 0 Å². The van der Waals surface area contributed by atoms with Gasteiger partial charge in [0.2, 0.25) is 0 Å². The van der Waals surface area contributed by atoms with Crippen LogP contribution in [0.4, 0.5) is 0 Å². The third-order valence-electron chi connectivity index (χ3n) is 1.98. The smallest absolute Gasteiger partial charge is 0.316 e. The van der Waals surface area contributed by atoms with Crippen LogP contribution in [0.3, 0.4) is 0 Å². The molecule has 84 valence electrons. The third kappa shape index (κ3) is 2.34. The standard InChI is InChI=1S/C8H13N2O4P/c1-7(11)8(10-5-4-9-6-10)15(12,13-2)14-3/h4-6,8H,1-3H3. The van der Waals surface area contributed by atoms with E-state index in [1.165, 1.54) is 44.4 Å². The van der Waals surface area contributed by atoms with Gasteiger partial charge in [0, 0.05) is 26.6 Å². The first-order valence-electron chi connectivity index (χ1n) is 4.24. The number of hydrogen-bond donors (Lipinski definition) is 0. The minimum Gasteiger partial charge on any atom is -0.316 e. The summed E-state index contributed by atoms with van der Waals surface area (Å²) in [6.07, 6.45) is 4.43. The molecule has 0 amide bonds. The largest absolute Gasteiger partial charge is 0.360 e. The Morgan fingerprint density at radius 1 is 1.47 bits per heavy atom. The molecule has 0 aliphatic heterocycles. The summed E-state index contributed by atoms with van der Waals surface area (Å²) in [5.74, 6) is -1.28. The Kier molecular flexibility index (Phi) is 3.79. The molecule has 1 unspecified atom stereocenters. The maximum atomic E-state index is 12.1. The Labute approximate surface area is 87.7 Å². The molecule has 6 nitrogen and oxygen atoms in total. The summed E-state index contributed by atoms with van der Waals surface area (Å²) in [4.78, 5) is 15.2. The fourth-order valence-electron chi connectivity index (χ4n) is 1.28. The highest BCUT2D eigenvalue weighted by Crippen LogP contribution is 2.57. The van der Waals surface area contributed by atoms with Crippen molar-refractivity contribution in [2.24, 2.45) is 0 Å². The van der Waals surface area contributed by atoms with Gasteiger partial charge < -0.3 is 13.6 Å². The van der Waals surface area contributed by atoms with Crippen LogP contribution >= 0.6 is 7.60 Å². The van der Waals surface area contributed by atoms with E-state index >= 15 is 0 Å².